The first-order chi connectivity index (χ1) is 8.86. The molecule has 0 radical (unpaired) electrons. The average Bonchev–Trinajstić information content (AvgIpc) is 2.73. The SMILES string of the molecule is O=C1c2ccccc2C2c3ccccc3OCN12. The fraction of sp³-hybridized carbons (Fsp3) is 0.133. The number of rotatable bonds is 0. The number of para-hydroxylation sites is 1. The maximum atomic E-state index is 12.3. The Morgan fingerprint density at radius 3 is 2.61 bits per heavy atom. The van der Waals surface area contributed by atoms with Crippen LogP contribution in [0.3, 0.4) is 0 Å². The summed E-state index contributed by atoms with van der Waals surface area (Å²) < 4.78 is 5.64. The highest BCUT2D eigenvalue weighted by Crippen LogP contribution is 2.44. The highest BCUT2D eigenvalue weighted by molar-refractivity contribution is 6.00. The number of carbonyl (C=O) groups is 1. The molecule has 2 aromatic rings. The van der Waals surface area contributed by atoms with Gasteiger partial charge in [0.05, 0.1) is 6.04 Å². The van der Waals surface area contributed by atoms with Crippen LogP contribution >= 0.6 is 0 Å². The van der Waals surface area contributed by atoms with E-state index in [1.165, 1.54) is 0 Å². The Hall–Kier alpha value is -2.29. The Bertz CT molecular complexity index is 650. The summed E-state index contributed by atoms with van der Waals surface area (Å²) in [6.07, 6.45) is 0. The van der Waals surface area contributed by atoms with E-state index in [0.29, 0.717) is 6.73 Å². The number of carbonyl (C=O) groups excluding carboxylic acids is 1. The molecule has 2 heterocycles. The molecular formula is C15H11NO2. The summed E-state index contributed by atoms with van der Waals surface area (Å²) in [5.74, 6) is 0.938. The van der Waals surface area contributed by atoms with Crippen LogP contribution in [0, 0.1) is 0 Å². The maximum Gasteiger partial charge on any atom is 0.257 e. The summed E-state index contributed by atoms with van der Waals surface area (Å²) in [4.78, 5) is 14.1. The predicted molar refractivity (Wildman–Crippen MR) is 66.4 cm³/mol. The van der Waals surface area contributed by atoms with Gasteiger partial charge in [0.2, 0.25) is 0 Å². The first-order valence-corrected chi connectivity index (χ1v) is 5.98. The molecule has 1 atom stereocenters. The molecule has 1 amide bonds. The minimum atomic E-state index is 0.0126. The van der Waals surface area contributed by atoms with Gasteiger partial charge in [-0.2, -0.15) is 0 Å². The van der Waals surface area contributed by atoms with E-state index in [2.05, 4.69) is 0 Å². The van der Waals surface area contributed by atoms with Gasteiger partial charge >= 0.3 is 0 Å². The molecule has 4 rings (SSSR count). The molecule has 88 valence electrons. The first kappa shape index (κ1) is 9.71. The molecule has 0 spiro atoms. The standard InChI is InChI=1S/C15H11NO2/c17-15-11-6-2-1-5-10(11)14-12-7-3-4-8-13(12)18-9-16(14)15/h1-8,14H,9H2. The fourth-order valence-corrected chi connectivity index (χ4v) is 2.82. The molecule has 18 heavy (non-hydrogen) atoms. The maximum absolute atomic E-state index is 12.3. The van der Waals surface area contributed by atoms with Crippen LogP contribution in [-0.2, 0) is 0 Å². The highest BCUT2D eigenvalue weighted by Gasteiger charge is 2.41. The minimum absolute atomic E-state index is 0.0126. The summed E-state index contributed by atoms with van der Waals surface area (Å²) in [6.45, 7) is 0.329. The zero-order chi connectivity index (χ0) is 12.1. The molecular weight excluding hydrogens is 226 g/mol. The normalized spacial score (nSPS) is 19.9. The lowest BCUT2D eigenvalue weighted by atomic mass is 9.97. The number of hydrogen-bond donors (Lipinski definition) is 0. The van der Waals surface area contributed by atoms with Crippen LogP contribution in [0.1, 0.15) is 27.5 Å². The van der Waals surface area contributed by atoms with Crippen molar-refractivity contribution in [3.05, 3.63) is 65.2 Å². The Morgan fingerprint density at radius 1 is 1.00 bits per heavy atom. The van der Waals surface area contributed by atoms with Gasteiger partial charge in [0.15, 0.2) is 6.73 Å². The number of ether oxygens (including phenoxy) is 1. The molecule has 0 aromatic heterocycles. The molecule has 2 aliphatic heterocycles. The van der Waals surface area contributed by atoms with Crippen molar-refractivity contribution >= 4 is 5.91 Å². The quantitative estimate of drug-likeness (QED) is 0.704. The monoisotopic (exact) mass is 237 g/mol. The lowest BCUT2D eigenvalue weighted by Crippen LogP contribution is -2.36. The van der Waals surface area contributed by atoms with Crippen molar-refractivity contribution in [1.29, 1.82) is 0 Å². The van der Waals surface area contributed by atoms with E-state index in [9.17, 15) is 4.79 Å². The van der Waals surface area contributed by atoms with Crippen molar-refractivity contribution in [2.45, 2.75) is 6.04 Å². The molecule has 3 nitrogen and oxygen atoms in total. The molecule has 0 aliphatic carbocycles. The van der Waals surface area contributed by atoms with Crippen LogP contribution in [0.2, 0.25) is 0 Å². The predicted octanol–water partition coefficient (Wildman–Crippen LogP) is 2.58. The summed E-state index contributed by atoms with van der Waals surface area (Å²) >= 11 is 0. The smallest absolute Gasteiger partial charge is 0.257 e. The Labute approximate surface area is 105 Å². The van der Waals surface area contributed by atoms with E-state index in [4.69, 9.17) is 4.74 Å². The summed E-state index contributed by atoms with van der Waals surface area (Å²) in [5.41, 5.74) is 2.95. The number of fused-ring (bicyclic) bond motifs is 5. The fourth-order valence-electron chi connectivity index (χ4n) is 2.82. The van der Waals surface area contributed by atoms with Crippen molar-refractivity contribution in [3.63, 3.8) is 0 Å². The van der Waals surface area contributed by atoms with Crippen LogP contribution in [0.25, 0.3) is 0 Å². The van der Waals surface area contributed by atoms with Gasteiger partial charge in [0, 0.05) is 11.1 Å². The van der Waals surface area contributed by atoms with E-state index in [1.54, 1.807) is 4.90 Å². The molecule has 2 aromatic carbocycles. The van der Waals surface area contributed by atoms with E-state index in [1.807, 2.05) is 48.5 Å². The molecule has 3 heteroatoms. The van der Waals surface area contributed by atoms with Gasteiger partial charge in [-0.15, -0.1) is 0 Å². The van der Waals surface area contributed by atoms with Crippen LogP contribution in [0.5, 0.6) is 5.75 Å². The highest BCUT2D eigenvalue weighted by atomic mass is 16.5. The van der Waals surface area contributed by atoms with Gasteiger partial charge in [-0.1, -0.05) is 36.4 Å². The number of hydrogen-bond acceptors (Lipinski definition) is 2. The average molecular weight is 237 g/mol. The summed E-state index contributed by atoms with van der Waals surface area (Å²) in [7, 11) is 0. The van der Waals surface area contributed by atoms with E-state index in [-0.39, 0.29) is 11.9 Å². The largest absolute Gasteiger partial charge is 0.473 e. The van der Waals surface area contributed by atoms with Crippen LogP contribution in [-0.4, -0.2) is 17.5 Å². The second kappa shape index (κ2) is 3.35. The summed E-state index contributed by atoms with van der Waals surface area (Å²) in [5, 5.41) is 0. The van der Waals surface area contributed by atoms with Crippen LogP contribution in [0.15, 0.2) is 48.5 Å². The van der Waals surface area contributed by atoms with Gasteiger partial charge in [-0.25, -0.2) is 0 Å². The first-order valence-electron chi connectivity index (χ1n) is 5.98. The van der Waals surface area contributed by atoms with E-state index >= 15 is 0 Å². The lowest BCUT2D eigenvalue weighted by molar-refractivity contribution is 0.0498. The summed E-state index contributed by atoms with van der Waals surface area (Å²) in [6, 6.07) is 15.7. The van der Waals surface area contributed by atoms with Crippen molar-refractivity contribution in [2.75, 3.05) is 6.73 Å². The topological polar surface area (TPSA) is 29.5 Å². The van der Waals surface area contributed by atoms with Gasteiger partial charge < -0.3 is 4.74 Å². The van der Waals surface area contributed by atoms with E-state index < -0.39 is 0 Å². The third-order valence-electron chi connectivity index (χ3n) is 3.63. The molecule has 0 saturated heterocycles. The van der Waals surface area contributed by atoms with E-state index in [0.717, 1.165) is 22.4 Å². The number of amides is 1. The van der Waals surface area contributed by atoms with Crippen LogP contribution < -0.4 is 4.74 Å². The Balaban J connectivity index is 1.97. The van der Waals surface area contributed by atoms with Gasteiger partial charge in [0.1, 0.15) is 5.75 Å². The minimum Gasteiger partial charge on any atom is -0.473 e. The molecule has 0 bridgehead atoms. The lowest BCUT2D eigenvalue weighted by Gasteiger charge is -2.32. The third kappa shape index (κ3) is 1.11. The van der Waals surface area contributed by atoms with Gasteiger partial charge in [-0.05, 0) is 17.7 Å². The van der Waals surface area contributed by atoms with Crippen molar-refractivity contribution in [1.82, 2.24) is 4.90 Å². The van der Waals surface area contributed by atoms with Gasteiger partial charge in [-0.3, -0.25) is 9.69 Å². The molecule has 2 aliphatic rings. The molecule has 0 saturated carbocycles. The van der Waals surface area contributed by atoms with Crippen molar-refractivity contribution in [2.24, 2.45) is 0 Å². The molecule has 0 N–H and O–H groups in total. The number of benzene rings is 2. The Kier molecular flexibility index (Phi) is 1.81. The van der Waals surface area contributed by atoms with Crippen molar-refractivity contribution in [3.8, 4) is 5.75 Å². The van der Waals surface area contributed by atoms with Crippen LogP contribution in [0.4, 0.5) is 0 Å². The second-order valence-corrected chi connectivity index (χ2v) is 4.58. The zero-order valence-corrected chi connectivity index (χ0v) is 9.67. The zero-order valence-electron chi connectivity index (χ0n) is 9.67. The third-order valence-corrected chi connectivity index (χ3v) is 3.63. The second-order valence-electron chi connectivity index (χ2n) is 4.58. The Morgan fingerprint density at radius 2 is 1.72 bits per heavy atom. The van der Waals surface area contributed by atoms with Crippen molar-refractivity contribution < 1.29 is 9.53 Å². The van der Waals surface area contributed by atoms with Gasteiger partial charge in [0.25, 0.3) is 5.91 Å². The molecule has 0 fully saturated rings. The molecule has 1 unspecified atom stereocenters. The number of nitrogens with zero attached hydrogens (tertiary/aromatic N) is 1.